The molecule has 1 saturated heterocycles. The van der Waals surface area contributed by atoms with Crippen molar-refractivity contribution in [3.8, 4) is 5.75 Å². The van der Waals surface area contributed by atoms with Crippen LogP contribution in [0.5, 0.6) is 5.75 Å². The lowest BCUT2D eigenvalue weighted by Crippen LogP contribution is -2.33. The molecule has 1 heterocycles. The SMILES string of the molecule is COc1cc(Cl)cc(C2CNCCO2)c1Br. The third-order valence-corrected chi connectivity index (χ3v) is 3.59. The van der Waals surface area contributed by atoms with Gasteiger partial charge in [0.05, 0.1) is 24.3 Å². The maximum Gasteiger partial charge on any atom is 0.134 e. The minimum atomic E-state index is 0.0238. The van der Waals surface area contributed by atoms with Gasteiger partial charge in [-0.1, -0.05) is 11.6 Å². The van der Waals surface area contributed by atoms with Crippen LogP contribution in [0.3, 0.4) is 0 Å². The summed E-state index contributed by atoms with van der Waals surface area (Å²) in [6.07, 6.45) is 0.0238. The number of benzene rings is 1. The van der Waals surface area contributed by atoms with Crippen molar-refractivity contribution in [3.63, 3.8) is 0 Å². The van der Waals surface area contributed by atoms with E-state index in [1.807, 2.05) is 6.07 Å². The highest BCUT2D eigenvalue weighted by atomic mass is 79.9. The van der Waals surface area contributed by atoms with Gasteiger partial charge in [-0.05, 0) is 28.1 Å². The predicted molar refractivity (Wildman–Crippen MR) is 67.3 cm³/mol. The first-order chi connectivity index (χ1) is 7.72. The molecule has 1 aromatic carbocycles. The quantitative estimate of drug-likeness (QED) is 0.911. The number of rotatable bonds is 2. The lowest BCUT2D eigenvalue weighted by atomic mass is 10.1. The Morgan fingerprint density at radius 3 is 3.00 bits per heavy atom. The summed E-state index contributed by atoms with van der Waals surface area (Å²) in [6, 6.07) is 3.69. The van der Waals surface area contributed by atoms with E-state index in [-0.39, 0.29) is 6.10 Å². The van der Waals surface area contributed by atoms with Gasteiger partial charge in [0.25, 0.3) is 0 Å². The van der Waals surface area contributed by atoms with Crippen molar-refractivity contribution in [1.82, 2.24) is 5.32 Å². The lowest BCUT2D eigenvalue weighted by Gasteiger charge is -2.25. The smallest absolute Gasteiger partial charge is 0.134 e. The Labute approximate surface area is 108 Å². The van der Waals surface area contributed by atoms with Gasteiger partial charge < -0.3 is 14.8 Å². The van der Waals surface area contributed by atoms with E-state index in [0.717, 1.165) is 28.9 Å². The Morgan fingerprint density at radius 2 is 2.38 bits per heavy atom. The summed E-state index contributed by atoms with van der Waals surface area (Å²) in [5.41, 5.74) is 1.02. The monoisotopic (exact) mass is 305 g/mol. The molecule has 0 spiro atoms. The van der Waals surface area contributed by atoms with Crippen LogP contribution >= 0.6 is 27.5 Å². The number of ether oxygens (including phenoxy) is 2. The molecule has 88 valence electrons. The number of methoxy groups -OCH3 is 1. The topological polar surface area (TPSA) is 30.5 Å². The Hall–Kier alpha value is -0.290. The average Bonchev–Trinajstić information content (AvgIpc) is 2.33. The zero-order valence-electron chi connectivity index (χ0n) is 8.93. The number of nitrogens with one attached hydrogen (secondary N) is 1. The molecule has 3 nitrogen and oxygen atoms in total. The molecule has 2 rings (SSSR count). The van der Waals surface area contributed by atoms with Crippen molar-refractivity contribution in [2.24, 2.45) is 0 Å². The molecular weight excluding hydrogens is 293 g/mol. The van der Waals surface area contributed by atoms with Crippen LogP contribution in [0.25, 0.3) is 0 Å². The number of halogens is 2. The second-order valence-electron chi connectivity index (χ2n) is 3.57. The van der Waals surface area contributed by atoms with Crippen LogP contribution in [-0.2, 0) is 4.74 Å². The summed E-state index contributed by atoms with van der Waals surface area (Å²) in [7, 11) is 1.63. The number of hydrogen-bond donors (Lipinski definition) is 1. The Balaban J connectivity index is 2.34. The molecular formula is C11H13BrClNO2. The molecule has 0 radical (unpaired) electrons. The van der Waals surface area contributed by atoms with E-state index >= 15 is 0 Å². The van der Waals surface area contributed by atoms with E-state index in [2.05, 4.69) is 21.2 Å². The molecule has 1 aliphatic heterocycles. The molecule has 16 heavy (non-hydrogen) atoms. The van der Waals surface area contributed by atoms with E-state index in [4.69, 9.17) is 21.1 Å². The van der Waals surface area contributed by atoms with Crippen LogP contribution in [0.1, 0.15) is 11.7 Å². The van der Waals surface area contributed by atoms with E-state index in [0.29, 0.717) is 11.6 Å². The van der Waals surface area contributed by atoms with Gasteiger partial charge in [0, 0.05) is 23.7 Å². The molecule has 0 aliphatic carbocycles. The second kappa shape index (κ2) is 5.36. The average molecular weight is 307 g/mol. The summed E-state index contributed by atoms with van der Waals surface area (Å²) in [6.45, 7) is 2.40. The predicted octanol–water partition coefficient (Wildman–Crippen LogP) is 2.77. The molecule has 1 unspecified atom stereocenters. The summed E-state index contributed by atoms with van der Waals surface area (Å²) < 4.78 is 11.9. The fraction of sp³-hybridized carbons (Fsp3) is 0.455. The standard InChI is InChI=1S/C11H13BrClNO2/c1-15-9-5-7(13)4-8(11(9)12)10-6-14-2-3-16-10/h4-5,10,14H,2-3,6H2,1H3. The second-order valence-corrected chi connectivity index (χ2v) is 4.80. The van der Waals surface area contributed by atoms with E-state index < -0.39 is 0 Å². The highest BCUT2D eigenvalue weighted by Crippen LogP contribution is 2.36. The third kappa shape index (κ3) is 2.51. The third-order valence-electron chi connectivity index (χ3n) is 2.53. The Kier molecular flexibility index (Phi) is 4.08. The minimum Gasteiger partial charge on any atom is -0.496 e. The van der Waals surface area contributed by atoms with E-state index in [1.165, 1.54) is 0 Å². The van der Waals surface area contributed by atoms with Crippen LogP contribution in [0.4, 0.5) is 0 Å². The highest BCUT2D eigenvalue weighted by molar-refractivity contribution is 9.10. The normalized spacial score (nSPS) is 20.8. The van der Waals surface area contributed by atoms with Crippen molar-refractivity contribution in [2.45, 2.75) is 6.10 Å². The lowest BCUT2D eigenvalue weighted by molar-refractivity contribution is 0.0271. The first-order valence-electron chi connectivity index (χ1n) is 5.07. The van der Waals surface area contributed by atoms with Crippen LogP contribution in [0.15, 0.2) is 16.6 Å². The van der Waals surface area contributed by atoms with Crippen molar-refractivity contribution in [1.29, 1.82) is 0 Å². The Morgan fingerprint density at radius 1 is 1.56 bits per heavy atom. The molecule has 1 aromatic rings. The van der Waals surface area contributed by atoms with Gasteiger partial charge in [0.2, 0.25) is 0 Å². The molecule has 0 bridgehead atoms. The minimum absolute atomic E-state index is 0.0238. The van der Waals surface area contributed by atoms with E-state index in [9.17, 15) is 0 Å². The van der Waals surface area contributed by atoms with Gasteiger partial charge in [0.15, 0.2) is 0 Å². The van der Waals surface area contributed by atoms with Crippen molar-refractivity contribution in [2.75, 3.05) is 26.8 Å². The maximum atomic E-state index is 6.04. The van der Waals surface area contributed by atoms with Crippen molar-refractivity contribution >= 4 is 27.5 Å². The van der Waals surface area contributed by atoms with Gasteiger partial charge in [0.1, 0.15) is 5.75 Å². The van der Waals surface area contributed by atoms with Crippen LogP contribution < -0.4 is 10.1 Å². The molecule has 0 saturated carbocycles. The first kappa shape index (κ1) is 12.2. The van der Waals surface area contributed by atoms with Crippen LogP contribution in [0, 0.1) is 0 Å². The van der Waals surface area contributed by atoms with Crippen molar-refractivity contribution < 1.29 is 9.47 Å². The molecule has 1 fully saturated rings. The number of hydrogen-bond acceptors (Lipinski definition) is 3. The van der Waals surface area contributed by atoms with Gasteiger partial charge in [-0.25, -0.2) is 0 Å². The fourth-order valence-corrected chi connectivity index (χ4v) is 2.60. The molecule has 1 atom stereocenters. The zero-order valence-corrected chi connectivity index (χ0v) is 11.3. The van der Waals surface area contributed by atoms with Gasteiger partial charge in [-0.3, -0.25) is 0 Å². The summed E-state index contributed by atoms with van der Waals surface area (Å²) in [5.74, 6) is 0.733. The Bertz CT molecular complexity index is 380. The maximum absolute atomic E-state index is 6.04. The summed E-state index contributed by atoms with van der Waals surface area (Å²) in [4.78, 5) is 0. The highest BCUT2D eigenvalue weighted by Gasteiger charge is 2.20. The van der Waals surface area contributed by atoms with Crippen LogP contribution in [0.2, 0.25) is 5.02 Å². The van der Waals surface area contributed by atoms with Gasteiger partial charge in [-0.15, -0.1) is 0 Å². The zero-order chi connectivity index (χ0) is 11.5. The van der Waals surface area contributed by atoms with E-state index in [1.54, 1.807) is 13.2 Å². The van der Waals surface area contributed by atoms with Gasteiger partial charge >= 0.3 is 0 Å². The first-order valence-corrected chi connectivity index (χ1v) is 6.24. The number of morpholine rings is 1. The van der Waals surface area contributed by atoms with Crippen LogP contribution in [-0.4, -0.2) is 26.8 Å². The molecule has 5 heteroatoms. The summed E-state index contributed by atoms with van der Waals surface area (Å²) in [5, 5.41) is 3.94. The molecule has 1 N–H and O–H groups in total. The molecule has 0 aromatic heterocycles. The largest absolute Gasteiger partial charge is 0.496 e. The van der Waals surface area contributed by atoms with Crippen molar-refractivity contribution in [3.05, 3.63) is 27.2 Å². The molecule has 1 aliphatic rings. The summed E-state index contributed by atoms with van der Waals surface area (Å²) >= 11 is 9.56. The fourth-order valence-electron chi connectivity index (χ4n) is 1.73. The molecule has 0 amide bonds. The van der Waals surface area contributed by atoms with Gasteiger partial charge in [-0.2, -0.15) is 0 Å².